The van der Waals surface area contributed by atoms with Gasteiger partial charge >= 0.3 is 0 Å². The largest absolute Gasteiger partial charge is 0.497 e. The van der Waals surface area contributed by atoms with Crippen molar-refractivity contribution in [3.05, 3.63) is 29.8 Å². The van der Waals surface area contributed by atoms with E-state index in [1.807, 2.05) is 24.3 Å². The molecule has 120 valence electrons. The molecule has 7 nitrogen and oxygen atoms in total. The topological polar surface area (TPSA) is 86.6 Å². The summed E-state index contributed by atoms with van der Waals surface area (Å²) in [7, 11) is 1.61. The summed E-state index contributed by atoms with van der Waals surface area (Å²) in [4.78, 5) is 0. The highest BCUT2D eigenvalue weighted by molar-refractivity contribution is 5.26. The summed E-state index contributed by atoms with van der Waals surface area (Å²) in [6.45, 7) is -0.503. The van der Waals surface area contributed by atoms with E-state index in [1.165, 1.54) is 0 Å². The Kier molecular flexibility index (Phi) is 3.56. The SMILES string of the molecule is COc1ccc(COC2C3OC4OC(C3O)C(O)C2O4)cc1. The average Bonchev–Trinajstić information content (AvgIpc) is 2.55. The molecule has 3 heterocycles. The Morgan fingerprint density at radius 1 is 0.955 bits per heavy atom. The first-order chi connectivity index (χ1) is 10.7. The lowest BCUT2D eigenvalue weighted by Crippen LogP contribution is -2.75. The van der Waals surface area contributed by atoms with Crippen molar-refractivity contribution in [3.63, 3.8) is 0 Å². The molecule has 5 rings (SSSR count). The maximum absolute atomic E-state index is 10.2. The van der Waals surface area contributed by atoms with E-state index in [2.05, 4.69) is 0 Å². The van der Waals surface area contributed by atoms with Crippen LogP contribution in [0.5, 0.6) is 5.75 Å². The van der Waals surface area contributed by atoms with Crippen LogP contribution in [0.15, 0.2) is 24.3 Å². The van der Waals surface area contributed by atoms with Crippen LogP contribution in [0, 0.1) is 0 Å². The molecule has 7 heteroatoms. The molecule has 4 atom stereocenters. The molecule has 1 aromatic carbocycles. The van der Waals surface area contributed by atoms with Gasteiger partial charge in [0, 0.05) is 0 Å². The summed E-state index contributed by atoms with van der Waals surface area (Å²) in [5.74, 6) is 0.771. The molecule has 4 aliphatic rings. The molecule has 4 bridgehead atoms. The third kappa shape index (κ3) is 2.21. The predicted molar refractivity (Wildman–Crippen MR) is 72.0 cm³/mol. The molecule has 1 aliphatic carbocycles. The third-order valence-corrected chi connectivity index (χ3v) is 4.40. The zero-order valence-electron chi connectivity index (χ0n) is 12.0. The zero-order valence-corrected chi connectivity index (χ0v) is 12.0. The van der Waals surface area contributed by atoms with Crippen molar-refractivity contribution in [2.24, 2.45) is 0 Å². The Morgan fingerprint density at radius 3 is 2.14 bits per heavy atom. The molecule has 0 amide bonds. The van der Waals surface area contributed by atoms with E-state index < -0.39 is 43.1 Å². The van der Waals surface area contributed by atoms with Gasteiger partial charge in [0.1, 0.15) is 42.4 Å². The maximum atomic E-state index is 10.2. The summed E-state index contributed by atoms with van der Waals surface area (Å²) < 4.78 is 27.2. The normalized spacial score (nSPS) is 42.6. The number of benzene rings is 1. The molecule has 0 aromatic heterocycles. The number of methoxy groups -OCH3 is 1. The van der Waals surface area contributed by atoms with Crippen molar-refractivity contribution in [2.45, 2.75) is 49.7 Å². The molecule has 1 saturated carbocycles. The average molecular weight is 310 g/mol. The molecule has 4 unspecified atom stereocenters. The van der Waals surface area contributed by atoms with Gasteiger partial charge in [0.2, 0.25) is 0 Å². The van der Waals surface area contributed by atoms with E-state index >= 15 is 0 Å². The second-order valence-electron chi connectivity index (χ2n) is 5.70. The zero-order chi connectivity index (χ0) is 15.3. The van der Waals surface area contributed by atoms with Crippen molar-refractivity contribution in [1.29, 1.82) is 0 Å². The van der Waals surface area contributed by atoms with Crippen LogP contribution >= 0.6 is 0 Å². The summed E-state index contributed by atoms with van der Waals surface area (Å²) in [6, 6.07) is 7.49. The lowest BCUT2D eigenvalue weighted by atomic mass is 9.82. The van der Waals surface area contributed by atoms with Crippen LogP contribution in [0.4, 0.5) is 0 Å². The highest BCUT2D eigenvalue weighted by Gasteiger charge is 2.61. The Hall–Kier alpha value is -1.22. The minimum absolute atomic E-state index is 0.323. The van der Waals surface area contributed by atoms with Crippen molar-refractivity contribution in [1.82, 2.24) is 0 Å². The molecular weight excluding hydrogens is 292 g/mol. The molecule has 1 aromatic rings. The van der Waals surface area contributed by atoms with Crippen molar-refractivity contribution >= 4 is 0 Å². The lowest BCUT2D eigenvalue weighted by molar-refractivity contribution is -0.484. The van der Waals surface area contributed by atoms with Gasteiger partial charge in [-0.15, -0.1) is 0 Å². The minimum atomic E-state index is -0.924. The highest BCUT2D eigenvalue weighted by atomic mass is 16.9. The monoisotopic (exact) mass is 310 g/mol. The number of rotatable bonds is 4. The van der Waals surface area contributed by atoms with Gasteiger partial charge in [-0.1, -0.05) is 12.1 Å². The van der Waals surface area contributed by atoms with Crippen molar-refractivity contribution in [2.75, 3.05) is 7.11 Å². The van der Waals surface area contributed by atoms with Crippen molar-refractivity contribution < 1.29 is 33.9 Å². The van der Waals surface area contributed by atoms with Crippen LogP contribution in [0.25, 0.3) is 0 Å². The highest BCUT2D eigenvalue weighted by Crippen LogP contribution is 2.41. The van der Waals surface area contributed by atoms with E-state index in [-0.39, 0.29) is 0 Å². The molecule has 22 heavy (non-hydrogen) atoms. The van der Waals surface area contributed by atoms with E-state index in [9.17, 15) is 10.2 Å². The fourth-order valence-electron chi connectivity index (χ4n) is 3.21. The minimum Gasteiger partial charge on any atom is -0.497 e. The molecule has 0 radical (unpaired) electrons. The van der Waals surface area contributed by atoms with Crippen molar-refractivity contribution in [3.8, 4) is 5.75 Å². The van der Waals surface area contributed by atoms with E-state index in [1.54, 1.807) is 7.11 Å². The lowest BCUT2D eigenvalue weighted by Gasteiger charge is -2.56. The molecule has 2 N–H and O–H groups in total. The fourth-order valence-corrected chi connectivity index (χ4v) is 3.21. The van der Waals surface area contributed by atoms with E-state index in [4.69, 9.17) is 23.7 Å². The van der Waals surface area contributed by atoms with Crippen LogP contribution in [0.2, 0.25) is 0 Å². The van der Waals surface area contributed by atoms with E-state index in [0.29, 0.717) is 6.61 Å². The van der Waals surface area contributed by atoms with Crippen LogP contribution in [-0.4, -0.2) is 60.4 Å². The smallest absolute Gasteiger partial charge is 0.272 e. The van der Waals surface area contributed by atoms with Gasteiger partial charge in [-0.25, -0.2) is 0 Å². The Balaban J connectivity index is 1.46. The number of aliphatic hydroxyl groups is 2. The van der Waals surface area contributed by atoms with Gasteiger partial charge < -0.3 is 33.9 Å². The van der Waals surface area contributed by atoms with E-state index in [0.717, 1.165) is 11.3 Å². The summed E-state index contributed by atoms with van der Waals surface area (Å²) in [6.07, 6.45) is -4.17. The molecular formula is C15H18O7. The second kappa shape index (κ2) is 5.45. The van der Waals surface area contributed by atoms with Crippen LogP contribution in [0.3, 0.4) is 0 Å². The van der Waals surface area contributed by atoms with Crippen LogP contribution in [-0.2, 0) is 25.6 Å². The molecule has 4 fully saturated rings. The third-order valence-electron chi connectivity index (χ3n) is 4.40. The standard InChI is InChI=1S/C15H18O7/c1-18-8-4-2-7(3-5-8)6-19-14-12-9(16)11-10(17)13(14)22-15(20-11)21-12/h2-5,9-17H,6H2,1H3. The van der Waals surface area contributed by atoms with Gasteiger partial charge in [0.25, 0.3) is 6.48 Å². The first kappa shape index (κ1) is 14.4. The van der Waals surface area contributed by atoms with Gasteiger partial charge in [-0.3, -0.25) is 0 Å². The Labute approximate surface area is 127 Å². The summed E-state index contributed by atoms with van der Waals surface area (Å²) in [5.41, 5.74) is 0.954. The Bertz CT molecular complexity index is 513. The molecule has 0 spiro atoms. The van der Waals surface area contributed by atoms with Gasteiger partial charge in [0.15, 0.2) is 0 Å². The van der Waals surface area contributed by atoms with Crippen LogP contribution in [0.1, 0.15) is 5.56 Å². The Morgan fingerprint density at radius 2 is 1.55 bits per heavy atom. The fraction of sp³-hybridized carbons (Fsp3) is 0.600. The predicted octanol–water partition coefficient (Wildman–Crippen LogP) is -0.218. The quantitative estimate of drug-likeness (QED) is 0.795. The molecule has 3 saturated heterocycles. The summed E-state index contributed by atoms with van der Waals surface area (Å²) >= 11 is 0. The van der Waals surface area contributed by atoms with Gasteiger partial charge in [-0.2, -0.15) is 0 Å². The number of hydrogen-bond donors (Lipinski definition) is 2. The number of aliphatic hydroxyl groups excluding tert-OH is 2. The first-order valence-electron chi connectivity index (χ1n) is 7.24. The maximum Gasteiger partial charge on any atom is 0.272 e. The number of hydrogen-bond acceptors (Lipinski definition) is 7. The number of ether oxygens (including phenoxy) is 5. The van der Waals surface area contributed by atoms with Gasteiger partial charge in [-0.05, 0) is 17.7 Å². The second-order valence-corrected chi connectivity index (χ2v) is 5.70. The first-order valence-corrected chi connectivity index (χ1v) is 7.24. The van der Waals surface area contributed by atoms with Crippen LogP contribution < -0.4 is 4.74 Å². The molecule has 3 aliphatic heterocycles. The summed E-state index contributed by atoms with van der Waals surface area (Å²) in [5, 5.41) is 20.3. The van der Waals surface area contributed by atoms with Gasteiger partial charge in [0.05, 0.1) is 13.7 Å².